The number of hydrogen-bond acceptors (Lipinski definition) is 3. The van der Waals surface area contributed by atoms with E-state index in [0.717, 1.165) is 63.9 Å². The lowest BCUT2D eigenvalue weighted by atomic mass is 9.93. The molecule has 3 fully saturated rings. The average Bonchev–Trinajstić information content (AvgIpc) is 3.35. The Balaban J connectivity index is 1.45. The average molecular weight is 330 g/mol. The summed E-state index contributed by atoms with van der Waals surface area (Å²) in [6, 6.07) is 0.0655. The summed E-state index contributed by atoms with van der Waals surface area (Å²) in [5.74, 6) is 1.57. The maximum absolute atomic E-state index is 13.2. The molecule has 1 saturated carbocycles. The van der Waals surface area contributed by atoms with Crippen molar-refractivity contribution >= 4 is 11.8 Å². The standard InChI is InChI=1S/C18H26N4O2/c23-17(13-6-7-13)21-10-3-4-14(12-21)18(24)22-11-2-1-5-15(22)16-19-8-9-20-16/h8-9,13-15H,1-7,10-12H2,(H,19,20). The van der Waals surface area contributed by atoms with Gasteiger partial charge in [-0.2, -0.15) is 0 Å². The van der Waals surface area contributed by atoms with Crippen molar-refractivity contribution in [3.63, 3.8) is 0 Å². The van der Waals surface area contributed by atoms with E-state index in [4.69, 9.17) is 0 Å². The molecule has 2 atom stereocenters. The van der Waals surface area contributed by atoms with Crippen molar-refractivity contribution in [1.82, 2.24) is 19.8 Å². The molecular formula is C18H26N4O2. The molecule has 6 nitrogen and oxygen atoms in total. The molecule has 0 radical (unpaired) electrons. The highest BCUT2D eigenvalue weighted by atomic mass is 16.2. The highest BCUT2D eigenvalue weighted by Crippen LogP contribution is 2.34. The van der Waals surface area contributed by atoms with Gasteiger partial charge in [-0.05, 0) is 44.9 Å². The molecule has 2 unspecified atom stereocenters. The van der Waals surface area contributed by atoms with Gasteiger partial charge in [-0.3, -0.25) is 9.59 Å². The molecule has 0 spiro atoms. The van der Waals surface area contributed by atoms with E-state index in [1.165, 1.54) is 0 Å². The molecule has 1 aromatic heterocycles. The second-order valence-electron chi connectivity index (χ2n) is 7.42. The van der Waals surface area contributed by atoms with E-state index in [1.807, 2.05) is 16.0 Å². The first-order chi connectivity index (χ1) is 11.7. The lowest BCUT2D eigenvalue weighted by Crippen LogP contribution is -2.49. The molecule has 0 aromatic carbocycles. The second-order valence-corrected chi connectivity index (χ2v) is 7.42. The van der Waals surface area contributed by atoms with Gasteiger partial charge in [0.2, 0.25) is 11.8 Å². The Labute approximate surface area is 142 Å². The fraction of sp³-hybridized carbons (Fsp3) is 0.722. The predicted molar refractivity (Wildman–Crippen MR) is 88.9 cm³/mol. The van der Waals surface area contributed by atoms with Crippen LogP contribution >= 0.6 is 0 Å². The first-order valence-electron chi connectivity index (χ1n) is 9.32. The van der Waals surface area contributed by atoms with Crippen LogP contribution < -0.4 is 0 Å². The van der Waals surface area contributed by atoms with Gasteiger partial charge in [0.1, 0.15) is 5.82 Å². The van der Waals surface area contributed by atoms with Gasteiger partial charge in [0.25, 0.3) is 0 Å². The van der Waals surface area contributed by atoms with Gasteiger partial charge < -0.3 is 14.8 Å². The van der Waals surface area contributed by atoms with E-state index in [9.17, 15) is 9.59 Å². The van der Waals surface area contributed by atoms with Crippen molar-refractivity contribution < 1.29 is 9.59 Å². The van der Waals surface area contributed by atoms with E-state index >= 15 is 0 Å². The van der Waals surface area contributed by atoms with Gasteiger partial charge in [-0.25, -0.2) is 4.98 Å². The minimum absolute atomic E-state index is 0.0444. The van der Waals surface area contributed by atoms with Crippen molar-refractivity contribution in [2.75, 3.05) is 19.6 Å². The molecule has 2 aliphatic heterocycles. The summed E-state index contributed by atoms with van der Waals surface area (Å²) in [6.07, 6.45) is 10.6. The van der Waals surface area contributed by atoms with Crippen LogP contribution in [-0.4, -0.2) is 51.2 Å². The normalized spacial score (nSPS) is 28.0. The zero-order valence-electron chi connectivity index (χ0n) is 14.1. The third-order valence-corrected chi connectivity index (χ3v) is 5.63. The monoisotopic (exact) mass is 330 g/mol. The Morgan fingerprint density at radius 3 is 2.62 bits per heavy atom. The molecule has 130 valence electrons. The van der Waals surface area contributed by atoms with Crippen LogP contribution in [0, 0.1) is 11.8 Å². The van der Waals surface area contributed by atoms with Crippen molar-refractivity contribution in [2.24, 2.45) is 11.8 Å². The molecule has 24 heavy (non-hydrogen) atoms. The lowest BCUT2D eigenvalue weighted by molar-refractivity contribution is -0.144. The number of aromatic nitrogens is 2. The van der Waals surface area contributed by atoms with Crippen LogP contribution in [0.15, 0.2) is 12.4 Å². The number of H-pyrrole nitrogens is 1. The Kier molecular flexibility index (Phi) is 4.29. The molecule has 0 bridgehead atoms. The minimum Gasteiger partial charge on any atom is -0.347 e. The van der Waals surface area contributed by atoms with Crippen LogP contribution in [0.25, 0.3) is 0 Å². The zero-order chi connectivity index (χ0) is 16.5. The zero-order valence-corrected chi connectivity index (χ0v) is 14.1. The van der Waals surface area contributed by atoms with E-state index in [2.05, 4.69) is 9.97 Å². The Morgan fingerprint density at radius 2 is 1.88 bits per heavy atom. The van der Waals surface area contributed by atoms with E-state index in [0.29, 0.717) is 6.54 Å². The molecule has 2 amide bonds. The number of rotatable bonds is 3. The summed E-state index contributed by atoms with van der Waals surface area (Å²) in [4.78, 5) is 37.0. The fourth-order valence-electron chi connectivity index (χ4n) is 4.14. The number of hydrogen-bond donors (Lipinski definition) is 1. The number of piperidine rings is 2. The second kappa shape index (κ2) is 6.57. The summed E-state index contributed by atoms with van der Waals surface area (Å²) < 4.78 is 0. The van der Waals surface area contributed by atoms with Gasteiger partial charge in [0, 0.05) is 37.9 Å². The first kappa shape index (κ1) is 15.7. The Bertz CT molecular complexity index is 596. The van der Waals surface area contributed by atoms with E-state index < -0.39 is 0 Å². The van der Waals surface area contributed by atoms with Crippen LogP contribution in [-0.2, 0) is 9.59 Å². The molecule has 3 heterocycles. The summed E-state index contributed by atoms with van der Waals surface area (Å²) in [5.41, 5.74) is 0. The number of likely N-dealkylation sites (tertiary alicyclic amines) is 2. The topological polar surface area (TPSA) is 69.3 Å². The molecule has 4 rings (SSSR count). The van der Waals surface area contributed by atoms with Crippen molar-refractivity contribution in [2.45, 2.75) is 51.0 Å². The number of nitrogens with one attached hydrogen (secondary N) is 1. The first-order valence-corrected chi connectivity index (χ1v) is 9.32. The van der Waals surface area contributed by atoms with Crippen LogP contribution in [0.3, 0.4) is 0 Å². The number of nitrogens with zero attached hydrogens (tertiary/aromatic N) is 3. The van der Waals surface area contributed by atoms with Crippen LogP contribution in [0.2, 0.25) is 0 Å². The predicted octanol–water partition coefficient (Wildman–Crippen LogP) is 2.11. The third kappa shape index (κ3) is 3.06. The Morgan fingerprint density at radius 1 is 1.00 bits per heavy atom. The third-order valence-electron chi connectivity index (χ3n) is 5.63. The Hall–Kier alpha value is -1.85. The molecule has 3 aliphatic rings. The molecule has 1 aromatic rings. The molecule has 1 N–H and O–H groups in total. The van der Waals surface area contributed by atoms with Gasteiger partial charge in [-0.15, -0.1) is 0 Å². The quantitative estimate of drug-likeness (QED) is 0.923. The van der Waals surface area contributed by atoms with E-state index in [-0.39, 0.29) is 29.7 Å². The smallest absolute Gasteiger partial charge is 0.228 e. The number of imidazole rings is 1. The summed E-state index contributed by atoms with van der Waals surface area (Å²) in [6.45, 7) is 2.23. The summed E-state index contributed by atoms with van der Waals surface area (Å²) >= 11 is 0. The van der Waals surface area contributed by atoms with Gasteiger partial charge in [0.05, 0.1) is 12.0 Å². The molecule has 2 saturated heterocycles. The number of carbonyl (C=O) groups is 2. The highest BCUT2D eigenvalue weighted by molar-refractivity contribution is 5.83. The number of carbonyl (C=O) groups excluding carboxylic acids is 2. The van der Waals surface area contributed by atoms with Crippen molar-refractivity contribution in [1.29, 1.82) is 0 Å². The fourth-order valence-corrected chi connectivity index (χ4v) is 4.14. The van der Waals surface area contributed by atoms with Crippen molar-refractivity contribution in [3.05, 3.63) is 18.2 Å². The van der Waals surface area contributed by atoms with Gasteiger partial charge in [0.15, 0.2) is 0 Å². The highest BCUT2D eigenvalue weighted by Gasteiger charge is 2.39. The number of aromatic amines is 1. The summed E-state index contributed by atoms with van der Waals surface area (Å²) in [7, 11) is 0. The van der Waals surface area contributed by atoms with Crippen LogP contribution in [0.1, 0.15) is 56.8 Å². The van der Waals surface area contributed by atoms with Crippen molar-refractivity contribution in [3.8, 4) is 0 Å². The maximum Gasteiger partial charge on any atom is 0.228 e. The van der Waals surface area contributed by atoms with Crippen LogP contribution in [0.5, 0.6) is 0 Å². The molecule has 6 heteroatoms. The lowest BCUT2D eigenvalue weighted by Gasteiger charge is -2.39. The number of amides is 2. The molecular weight excluding hydrogens is 304 g/mol. The van der Waals surface area contributed by atoms with Gasteiger partial charge >= 0.3 is 0 Å². The SMILES string of the molecule is O=C(C1CC1)N1CCCC(C(=O)N2CCCCC2c2ncc[nH]2)C1. The summed E-state index contributed by atoms with van der Waals surface area (Å²) in [5, 5.41) is 0. The maximum atomic E-state index is 13.2. The van der Waals surface area contributed by atoms with Gasteiger partial charge in [-0.1, -0.05) is 0 Å². The minimum atomic E-state index is -0.0444. The molecule has 1 aliphatic carbocycles. The van der Waals surface area contributed by atoms with Crippen LogP contribution in [0.4, 0.5) is 0 Å². The largest absolute Gasteiger partial charge is 0.347 e. The van der Waals surface area contributed by atoms with E-state index in [1.54, 1.807) is 6.20 Å².